The number of carboxylic acids is 1. The second-order valence-electron chi connectivity index (χ2n) is 8.31. The monoisotopic (exact) mass is 561 g/mol. The number of hydrogen-bond acceptors (Lipinski definition) is 9. The third-order valence-electron chi connectivity index (χ3n) is 5.74. The third-order valence-corrected chi connectivity index (χ3v) is 5.74. The number of fused-ring (bicyclic) bond motifs is 2. The number of carbonyl (C=O) groups is 4. The molecule has 13 nitrogen and oxygen atoms in total. The number of pyridine rings is 1. The average Bonchev–Trinajstić information content (AvgIpc) is 3.23. The van der Waals surface area contributed by atoms with E-state index in [1.165, 1.54) is 9.47 Å². The Balaban J connectivity index is 0.00000420. The second kappa shape index (κ2) is 12.5. The Morgan fingerprint density at radius 2 is 1.95 bits per heavy atom. The molecule has 3 heterocycles. The second-order valence-corrected chi connectivity index (χ2v) is 8.31. The standard InChI is InChI=1S/C23H21F2N3O10.Na.H/c1-11-8-35-16-7-27-6-14(21(32)26-5-12-2-3-13(24)4-15(12)25)19(31)20(18(27)22(33)28(11)16)37-10-38-23(34)36-9-17(29)30;;/h2-4,6,11,16H,5,7-10H2,1H3,(H,26,32)(H,29,30);;/t11-,16+;;/m0../s1. The van der Waals surface area contributed by atoms with Gasteiger partial charge >= 0.3 is 41.7 Å². The van der Waals surface area contributed by atoms with Gasteiger partial charge in [-0.05, 0) is 13.0 Å². The number of carbonyl (C=O) groups excluding carboxylic acids is 3. The number of rotatable bonds is 8. The van der Waals surface area contributed by atoms with E-state index in [1.807, 2.05) is 0 Å². The Morgan fingerprint density at radius 1 is 1.21 bits per heavy atom. The van der Waals surface area contributed by atoms with Crippen molar-refractivity contribution in [1.29, 1.82) is 0 Å². The Labute approximate surface area is 240 Å². The van der Waals surface area contributed by atoms with Crippen LogP contribution in [0.2, 0.25) is 0 Å². The summed E-state index contributed by atoms with van der Waals surface area (Å²) in [5.74, 6) is -5.33. The maximum absolute atomic E-state index is 14.0. The molecule has 2 atom stereocenters. The van der Waals surface area contributed by atoms with E-state index in [-0.39, 0.29) is 66.6 Å². The van der Waals surface area contributed by atoms with E-state index in [1.54, 1.807) is 6.92 Å². The summed E-state index contributed by atoms with van der Waals surface area (Å²) >= 11 is 0. The van der Waals surface area contributed by atoms with Crippen molar-refractivity contribution in [3.63, 3.8) is 0 Å². The number of hydrogen-bond donors (Lipinski definition) is 2. The molecule has 0 aliphatic carbocycles. The third kappa shape index (κ3) is 6.55. The van der Waals surface area contributed by atoms with E-state index in [4.69, 9.17) is 14.6 Å². The van der Waals surface area contributed by atoms with Crippen LogP contribution in [0.5, 0.6) is 5.75 Å². The van der Waals surface area contributed by atoms with Crippen molar-refractivity contribution >= 4 is 53.5 Å². The molecule has 0 unspecified atom stereocenters. The molecule has 204 valence electrons. The molecule has 0 spiro atoms. The fourth-order valence-corrected chi connectivity index (χ4v) is 3.99. The topological polar surface area (TPSA) is 163 Å². The average molecular weight is 561 g/mol. The van der Waals surface area contributed by atoms with Crippen molar-refractivity contribution in [3.05, 3.63) is 63.1 Å². The molecule has 2 amide bonds. The van der Waals surface area contributed by atoms with Gasteiger partial charge in [0.25, 0.3) is 11.8 Å². The molecule has 2 N–H and O–H groups in total. The molecule has 1 fully saturated rings. The van der Waals surface area contributed by atoms with Crippen molar-refractivity contribution in [1.82, 2.24) is 14.8 Å². The minimum absolute atomic E-state index is 0. The van der Waals surface area contributed by atoms with Crippen LogP contribution in [0.25, 0.3) is 0 Å². The fourth-order valence-electron chi connectivity index (χ4n) is 3.99. The molecule has 2 aromatic rings. The number of carboxylic acid groups (broad SMARTS) is 1. The summed E-state index contributed by atoms with van der Waals surface area (Å²) in [5.41, 5.74) is -1.78. The van der Waals surface area contributed by atoms with Gasteiger partial charge in [0.1, 0.15) is 17.2 Å². The first-order valence-electron chi connectivity index (χ1n) is 11.1. The van der Waals surface area contributed by atoms with Crippen molar-refractivity contribution in [2.75, 3.05) is 20.0 Å². The Bertz CT molecular complexity index is 1370. The van der Waals surface area contributed by atoms with Crippen molar-refractivity contribution in [2.24, 2.45) is 0 Å². The van der Waals surface area contributed by atoms with E-state index >= 15 is 0 Å². The molecule has 1 aromatic heterocycles. The van der Waals surface area contributed by atoms with E-state index in [2.05, 4.69) is 14.8 Å². The number of nitrogens with zero attached hydrogens (tertiary/aromatic N) is 2. The van der Waals surface area contributed by atoms with Gasteiger partial charge in [0, 0.05) is 24.4 Å². The molecule has 1 aromatic carbocycles. The van der Waals surface area contributed by atoms with E-state index in [0.29, 0.717) is 6.07 Å². The predicted molar refractivity (Wildman–Crippen MR) is 126 cm³/mol. The van der Waals surface area contributed by atoms with Gasteiger partial charge < -0.3 is 38.8 Å². The number of halogens is 2. The zero-order valence-electron chi connectivity index (χ0n) is 19.8. The summed E-state index contributed by atoms with van der Waals surface area (Å²) in [4.78, 5) is 62.8. The van der Waals surface area contributed by atoms with Crippen LogP contribution >= 0.6 is 0 Å². The summed E-state index contributed by atoms with van der Waals surface area (Å²) in [6.45, 7) is -0.291. The predicted octanol–water partition coefficient (Wildman–Crippen LogP) is 0.183. The molecule has 16 heteroatoms. The van der Waals surface area contributed by atoms with Crippen molar-refractivity contribution in [3.8, 4) is 5.75 Å². The van der Waals surface area contributed by atoms with Gasteiger partial charge in [0.2, 0.25) is 18.0 Å². The Kier molecular flexibility index (Phi) is 9.66. The quantitative estimate of drug-likeness (QED) is 0.258. The van der Waals surface area contributed by atoms with Crippen LogP contribution in [-0.4, -0.2) is 100 Å². The van der Waals surface area contributed by atoms with Gasteiger partial charge in [-0.1, -0.05) is 6.07 Å². The van der Waals surface area contributed by atoms with Crippen LogP contribution in [0.4, 0.5) is 13.6 Å². The molecular formula is C23H22F2N3NaO10. The van der Waals surface area contributed by atoms with Gasteiger partial charge in [-0.15, -0.1) is 0 Å². The van der Waals surface area contributed by atoms with Gasteiger partial charge in [-0.3, -0.25) is 14.4 Å². The van der Waals surface area contributed by atoms with Crippen LogP contribution < -0.4 is 15.5 Å². The van der Waals surface area contributed by atoms with Gasteiger partial charge in [-0.25, -0.2) is 18.4 Å². The van der Waals surface area contributed by atoms with Gasteiger partial charge in [0.15, 0.2) is 18.5 Å². The summed E-state index contributed by atoms with van der Waals surface area (Å²) in [5, 5.41) is 10.9. The molecule has 0 saturated carbocycles. The zero-order valence-corrected chi connectivity index (χ0v) is 19.8. The van der Waals surface area contributed by atoms with Crippen molar-refractivity contribution < 1.29 is 52.0 Å². The first-order chi connectivity index (χ1) is 18.1. The normalized spacial score (nSPS) is 17.4. The van der Waals surface area contributed by atoms with Crippen LogP contribution in [-0.2, 0) is 32.1 Å². The van der Waals surface area contributed by atoms with E-state index in [0.717, 1.165) is 18.3 Å². The number of ether oxygens (including phenoxy) is 4. The molecule has 4 rings (SSSR count). The van der Waals surface area contributed by atoms with Crippen LogP contribution in [0.3, 0.4) is 0 Å². The number of aromatic nitrogens is 1. The van der Waals surface area contributed by atoms with Gasteiger partial charge in [-0.2, -0.15) is 0 Å². The summed E-state index contributed by atoms with van der Waals surface area (Å²) in [6, 6.07) is 2.46. The molecule has 2 aliphatic heterocycles. The number of amides is 2. The van der Waals surface area contributed by atoms with E-state index < -0.39 is 71.9 Å². The number of nitrogens with one attached hydrogen (secondary N) is 1. The maximum atomic E-state index is 14.0. The van der Waals surface area contributed by atoms with Gasteiger partial charge in [0.05, 0.1) is 19.2 Å². The molecule has 0 radical (unpaired) electrons. The first kappa shape index (κ1) is 30.0. The summed E-state index contributed by atoms with van der Waals surface area (Å²) < 4.78 is 48.2. The number of aliphatic carboxylic acids is 1. The Hall–Kier alpha value is -3.53. The first-order valence-corrected chi connectivity index (χ1v) is 11.1. The van der Waals surface area contributed by atoms with Crippen LogP contribution in [0.1, 0.15) is 33.3 Å². The zero-order chi connectivity index (χ0) is 27.6. The van der Waals surface area contributed by atoms with Crippen molar-refractivity contribution in [2.45, 2.75) is 32.3 Å². The molecule has 0 bridgehead atoms. The fraction of sp³-hybridized carbons (Fsp3) is 0.348. The minimum atomic E-state index is -1.43. The molecule has 39 heavy (non-hydrogen) atoms. The van der Waals surface area contributed by atoms with Crippen LogP contribution in [0.15, 0.2) is 29.2 Å². The summed E-state index contributed by atoms with van der Waals surface area (Å²) in [7, 11) is 0. The van der Waals surface area contributed by atoms with Crippen LogP contribution in [0, 0.1) is 11.6 Å². The molecular weight excluding hydrogens is 539 g/mol. The number of benzene rings is 1. The summed E-state index contributed by atoms with van der Waals surface area (Å²) in [6.07, 6.45) is -0.957. The SMILES string of the molecule is C[C@H]1CO[C@@H]2Cn3cc(C(=O)NCc4ccc(F)cc4F)c(=O)c(OCOC(=O)OCC(=O)O)c3C(=O)N12.[NaH]. The Morgan fingerprint density at radius 3 is 2.64 bits per heavy atom. The molecule has 1 saturated heterocycles. The molecule has 2 aliphatic rings. The van der Waals surface area contributed by atoms with E-state index in [9.17, 15) is 32.8 Å².